The summed E-state index contributed by atoms with van der Waals surface area (Å²) in [6.45, 7) is 3.94. The first-order valence-electron chi connectivity index (χ1n) is 12.9. The third-order valence-corrected chi connectivity index (χ3v) is 7.37. The molecule has 3 heterocycles. The molecular weight excluding hydrogens is 454 g/mol. The van der Waals surface area contributed by atoms with Crippen molar-refractivity contribution in [1.29, 1.82) is 0 Å². The van der Waals surface area contributed by atoms with Crippen LogP contribution < -0.4 is 10.6 Å². The van der Waals surface area contributed by atoms with Gasteiger partial charge in [-0.1, -0.05) is 12.1 Å². The fourth-order valence-corrected chi connectivity index (χ4v) is 5.11. The first-order valence-corrected chi connectivity index (χ1v) is 12.9. The molecule has 1 aromatic carbocycles. The summed E-state index contributed by atoms with van der Waals surface area (Å²) >= 11 is 0. The highest BCUT2D eigenvalue weighted by atomic mass is 16.5. The van der Waals surface area contributed by atoms with E-state index < -0.39 is 0 Å². The molecule has 2 fully saturated rings. The van der Waals surface area contributed by atoms with Crippen LogP contribution in [0.2, 0.25) is 0 Å². The van der Waals surface area contributed by atoms with E-state index in [0.717, 1.165) is 65.2 Å². The van der Waals surface area contributed by atoms with E-state index in [-0.39, 0.29) is 5.91 Å². The van der Waals surface area contributed by atoms with Crippen molar-refractivity contribution in [1.82, 2.24) is 19.7 Å². The zero-order chi connectivity index (χ0) is 24.6. The summed E-state index contributed by atoms with van der Waals surface area (Å²) in [6.07, 6.45) is 11.2. The number of imidazole rings is 1. The molecule has 2 saturated carbocycles. The number of hydrogen-bond donors (Lipinski definition) is 2. The van der Waals surface area contributed by atoms with Crippen LogP contribution in [-0.2, 0) is 9.53 Å². The Morgan fingerprint density at radius 1 is 1.22 bits per heavy atom. The van der Waals surface area contributed by atoms with Gasteiger partial charge in [0, 0.05) is 42.8 Å². The minimum atomic E-state index is -0.00508. The first kappa shape index (κ1) is 22.9. The summed E-state index contributed by atoms with van der Waals surface area (Å²) in [6, 6.07) is 6.27. The van der Waals surface area contributed by atoms with Crippen LogP contribution in [0.3, 0.4) is 0 Å². The Hall–Kier alpha value is -3.52. The molecule has 2 N–H and O–H groups in total. The van der Waals surface area contributed by atoms with Gasteiger partial charge in [-0.05, 0) is 61.8 Å². The molecule has 186 valence electrons. The molecule has 0 radical (unpaired) electrons. The molecule has 2 aliphatic carbocycles. The van der Waals surface area contributed by atoms with Crippen molar-refractivity contribution >= 4 is 28.7 Å². The smallest absolute Gasteiger partial charge is 0.251 e. The van der Waals surface area contributed by atoms with Crippen LogP contribution in [0.15, 0.2) is 36.7 Å². The van der Waals surface area contributed by atoms with E-state index in [9.17, 15) is 9.59 Å². The number of fused-ring (bicyclic) bond motifs is 1. The third-order valence-electron chi connectivity index (χ3n) is 7.37. The zero-order valence-corrected chi connectivity index (χ0v) is 20.5. The van der Waals surface area contributed by atoms with Crippen molar-refractivity contribution in [3.05, 3.63) is 53.5 Å². The Morgan fingerprint density at radius 2 is 2.11 bits per heavy atom. The molecule has 1 amide bonds. The minimum Gasteiger partial charge on any atom is -0.377 e. The number of aromatic nitrogens is 3. The van der Waals surface area contributed by atoms with E-state index in [1.807, 2.05) is 31.5 Å². The number of benzene rings is 1. The number of carbonyl (C=O) groups is 2. The first-order chi connectivity index (χ1) is 17.5. The Morgan fingerprint density at radius 3 is 2.83 bits per heavy atom. The number of anilines is 1. The van der Waals surface area contributed by atoms with Crippen molar-refractivity contribution in [2.24, 2.45) is 5.92 Å². The van der Waals surface area contributed by atoms with E-state index in [4.69, 9.17) is 14.7 Å². The number of ether oxygens (including phenoxy) is 1. The fourth-order valence-electron chi connectivity index (χ4n) is 5.11. The molecule has 36 heavy (non-hydrogen) atoms. The van der Waals surface area contributed by atoms with E-state index in [0.29, 0.717) is 55.9 Å². The number of aryl methyl sites for hydroxylation is 1. The number of ketones is 1. The van der Waals surface area contributed by atoms with Crippen LogP contribution in [0.4, 0.5) is 5.82 Å². The molecule has 0 saturated heterocycles. The number of nitrogens with one attached hydrogen (secondary N) is 2. The molecular formula is C28H31N5O3. The molecule has 6 rings (SSSR count). The highest BCUT2D eigenvalue weighted by molar-refractivity contribution is 5.96. The summed E-state index contributed by atoms with van der Waals surface area (Å²) in [7, 11) is 0. The van der Waals surface area contributed by atoms with Crippen LogP contribution in [0.25, 0.3) is 22.5 Å². The Labute approximate surface area is 210 Å². The predicted octanol–water partition coefficient (Wildman–Crippen LogP) is 4.18. The van der Waals surface area contributed by atoms with Gasteiger partial charge in [-0.3, -0.25) is 14.0 Å². The SMILES string of the molecule is Cc1cc(-c2cnc3c(NCC4CCC(=O)C4)nc(C4=CCOCC4)cn23)ccc1C(=O)NC1CC1. The van der Waals surface area contributed by atoms with Gasteiger partial charge in [-0.25, -0.2) is 9.97 Å². The van der Waals surface area contributed by atoms with Crippen molar-refractivity contribution in [3.63, 3.8) is 0 Å². The zero-order valence-electron chi connectivity index (χ0n) is 20.5. The average Bonchev–Trinajstić information content (AvgIpc) is 3.43. The van der Waals surface area contributed by atoms with Gasteiger partial charge in [0.05, 0.1) is 30.8 Å². The van der Waals surface area contributed by atoms with Crippen molar-refractivity contribution in [2.45, 2.75) is 51.5 Å². The molecule has 1 unspecified atom stereocenters. The van der Waals surface area contributed by atoms with E-state index in [2.05, 4.69) is 27.2 Å². The van der Waals surface area contributed by atoms with Crippen LogP contribution in [0.5, 0.6) is 0 Å². The number of carbonyl (C=O) groups excluding carboxylic acids is 2. The quantitative estimate of drug-likeness (QED) is 0.521. The van der Waals surface area contributed by atoms with Crippen molar-refractivity contribution < 1.29 is 14.3 Å². The van der Waals surface area contributed by atoms with Gasteiger partial charge in [0.2, 0.25) is 0 Å². The summed E-state index contributed by atoms with van der Waals surface area (Å²) in [5, 5.41) is 6.57. The molecule has 0 bridgehead atoms. The Balaban J connectivity index is 1.36. The number of rotatable bonds is 7. The molecule has 0 spiro atoms. The van der Waals surface area contributed by atoms with E-state index in [1.54, 1.807) is 0 Å². The van der Waals surface area contributed by atoms with Crippen LogP contribution >= 0.6 is 0 Å². The second-order valence-electron chi connectivity index (χ2n) is 10.2. The van der Waals surface area contributed by atoms with Crippen molar-refractivity contribution in [2.75, 3.05) is 25.1 Å². The topological polar surface area (TPSA) is 97.6 Å². The van der Waals surface area contributed by atoms with Crippen LogP contribution in [0, 0.1) is 12.8 Å². The molecule has 1 atom stereocenters. The summed E-state index contributed by atoms with van der Waals surface area (Å²) in [5.41, 5.74) is 6.39. The lowest BCUT2D eigenvalue weighted by atomic mass is 10.0. The van der Waals surface area contributed by atoms with Crippen LogP contribution in [0.1, 0.15) is 60.1 Å². The molecule has 3 aromatic rings. The molecule has 8 heteroatoms. The highest BCUT2D eigenvalue weighted by Crippen LogP contribution is 2.30. The molecule has 3 aliphatic rings. The van der Waals surface area contributed by atoms with Gasteiger partial charge in [0.1, 0.15) is 5.78 Å². The molecule has 2 aromatic heterocycles. The third kappa shape index (κ3) is 4.65. The molecule has 1 aliphatic heterocycles. The summed E-state index contributed by atoms with van der Waals surface area (Å²) < 4.78 is 7.59. The Bertz CT molecular complexity index is 1370. The fraction of sp³-hybridized carbons (Fsp3) is 0.429. The van der Waals surface area contributed by atoms with Gasteiger partial charge in [0.15, 0.2) is 11.5 Å². The second-order valence-corrected chi connectivity index (χ2v) is 10.2. The van der Waals surface area contributed by atoms with Gasteiger partial charge >= 0.3 is 0 Å². The second kappa shape index (κ2) is 9.50. The van der Waals surface area contributed by atoms with E-state index in [1.165, 1.54) is 0 Å². The van der Waals surface area contributed by atoms with E-state index >= 15 is 0 Å². The lowest BCUT2D eigenvalue weighted by Gasteiger charge is -2.17. The predicted molar refractivity (Wildman–Crippen MR) is 138 cm³/mol. The monoisotopic (exact) mass is 485 g/mol. The van der Waals surface area contributed by atoms with Gasteiger partial charge in [0.25, 0.3) is 5.91 Å². The summed E-state index contributed by atoms with van der Waals surface area (Å²) in [5.74, 6) is 1.39. The van der Waals surface area contributed by atoms with Crippen molar-refractivity contribution in [3.8, 4) is 11.3 Å². The highest BCUT2D eigenvalue weighted by Gasteiger charge is 2.25. The normalized spacial score (nSPS) is 20.0. The number of nitrogens with zero attached hydrogens (tertiary/aromatic N) is 3. The minimum absolute atomic E-state index is 0.00508. The van der Waals surface area contributed by atoms with Crippen LogP contribution in [-0.4, -0.2) is 51.9 Å². The average molecular weight is 486 g/mol. The maximum atomic E-state index is 12.6. The maximum Gasteiger partial charge on any atom is 0.251 e. The number of hydrogen-bond acceptors (Lipinski definition) is 6. The number of Topliss-reactive ketones (excluding diaryl/α,β-unsaturated/α-hetero) is 1. The largest absolute Gasteiger partial charge is 0.377 e. The van der Waals surface area contributed by atoms with Gasteiger partial charge in [-0.2, -0.15) is 0 Å². The lowest BCUT2D eigenvalue weighted by Crippen LogP contribution is -2.26. The standard InChI is InChI=1S/C28H31N5O3/c1-17-12-20(3-7-23(17)28(35)31-21-4-5-21)25-15-30-27-26(29-14-18-2-6-22(34)13-18)32-24(16-33(25)27)19-8-10-36-11-9-19/h3,7-8,12,15-16,18,21H,2,4-6,9-11,13-14H2,1H3,(H,29,32)(H,31,35). The Kier molecular flexibility index (Phi) is 6.05. The maximum absolute atomic E-state index is 12.6. The molecule has 8 nitrogen and oxygen atoms in total. The number of amides is 1. The lowest BCUT2D eigenvalue weighted by molar-refractivity contribution is -0.117. The van der Waals surface area contributed by atoms with Gasteiger partial charge in [-0.15, -0.1) is 0 Å². The van der Waals surface area contributed by atoms with Gasteiger partial charge < -0.3 is 15.4 Å². The summed E-state index contributed by atoms with van der Waals surface area (Å²) in [4.78, 5) is 34.0.